The van der Waals surface area contributed by atoms with Crippen LogP contribution in [0.25, 0.3) is 0 Å². The minimum absolute atomic E-state index is 0.0562. The fourth-order valence-electron chi connectivity index (χ4n) is 3.01. The van der Waals surface area contributed by atoms with E-state index in [-0.39, 0.29) is 5.82 Å². The molecule has 1 fully saturated rings. The first kappa shape index (κ1) is 14.0. The van der Waals surface area contributed by atoms with Crippen molar-refractivity contribution in [2.45, 2.75) is 57.2 Å². The van der Waals surface area contributed by atoms with Crippen molar-refractivity contribution in [2.24, 2.45) is 5.92 Å². The first-order valence-electron chi connectivity index (χ1n) is 7.00. The van der Waals surface area contributed by atoms with Gasteiger partial charge in [0.15, 0.2) is 0 Å². The monoisotopic (exact) mass is 312 g/mol. The smallest absolute Gasteiger partial charge is 0.129 e. The lowest BCUT2D eigenvalue weighted by Crippen LogP contribution is -2.08. The van der Waals surface area contributed by atoms with Crippen LogP contribution in [0.3, 0.4) is 0 Å². The summed E-state index contributed by atoms with van der Waals surface area (Å²) in [6, 6.07) is 4.01. The molecule has 0 aliphatic heterocycles. The molecule has 100 valence electrons. The third-order valence-electron chi connectivity index (χ3n) is 4.09. The quantitative estimate of drug-likeness (QED) is 0.474. The molecule has 18 heavy (non-hydrogen) atoms. The summed E-state index contributed by atoms with van der Waals surface area (Å²) < 4.78 is 13.7. The Hall–Kier alpha value is -0.370. The predicted molar refractivity (Wildman–Crippen MR) is 78.7 cm³/mol. The van der Waals surface area contributed by atoms with Crippen molar-refractivity contribution >= 4 is 15.9 Å². The number of alkyl halides is 1. The minimum Gasteiger partial charge on any atom is -0.206 e. The number of hydrogen-bond donors (Lipinski definition) is 0. The van der Waals surface area contributed by atoms with Crippen LogP contribution in [0, 0.1) is 25.6 Å². The fraction of sp³-hybridized carbons (Fsp3) is 0.625. The maximum Gasteiger partial charge on any atom is 0.129 e. The zero-order valence-corrected chi connectivity index (χ0v) is 12.9. The standard InChI is InChI=1S/C16H22BrF/c1-11-9-14(10-12(2)16(11)18)15(17)13-7-5-3-4-6-8-13/h9-10,13,15H,3-8H2,1-2H3. The summed E-state index contributed by atoms with van der Waals surface area (Å²) in [4.78, 5) is 0.383. The molecule has 0 spiro atoms. The SMILES string of the molecule is Cc1cc(C(Br)C2CCCCCC2)cc(C)c1F. The summed E-state index contributed by atoms with van der Waals surface area (Å²) in [5.41, 5.74) is 2.78. The third kappa shape index (κ3) is 3.14. The van der Waals surface area contributed by atoms with E-state index < -0.39 is 0 Å². The molecule has 1 aliphatic rings. The van der Waals surface area contributed by atoms with Gasteiger partial charge in [-0.25, -0.2) is 4.39 Å². The molecule has 0 nitrogen and oxygen atoms in total. The van der Waals surface area contributed by atoms with Crippen molar-refractivity contribution in [2.75, 3.05) is 0 Å². The van der Waals surface area contributed by atoms with Crippen LogP contribution in [0.1, 0.15) is 60.0 Å². The Morgan fingerprint density at radius 1 is 1.06 bits per heavy atom. The Labute approximate surface area is 118 Å². The van der Waals surface area contributed by atoms with Gasteiger partial charge in [-0.2, -0.15) is 0 Å². The highest BCUT2D eigenvalue weighted by Gasteiger charge is 2.22. The van der Waals surface area contributed by atoms with E-state index in [0.717, 1.165) is 11.1 Å². The Balaban J connectivity index is 2.19. The second kappa shape index (κ2) is 6.18. The van der Waals surface area contributed by atoms with Gasteiger partial charge in [0.05, 0.1) is 0 Å². The summed E-state index contributed by atoms with van der Waals surface area (Å²) in [7, 11) is 0. The van der Waals surface area contributed by atoms with E-state index in [1.165, 1.54) is 44.1 Å². The lowest BCUT2D eigenvalue weighted by molar-refractivity contribution is 0.454. The van der Waals surface area contributed by atoms with Crippen molar-refractivity contribution in [3.05, 3.63) is 34.6 Å². The van der Waals surface area contributed by atoms with E-state index in [1.54, 1.807) is 0 Å². The molecule has 0 bridgehead atoms. The number of benzene rings is 1. The van der Waals surface area contributed by atoms with E-state index in [0.29, 0.717) is 10.7 Å². The average molecular weight is 313 g/mol. The Morgan fingerprint density at radius 2 is 1.56 bits per heavy atom. The molecular formula is C16H22BrF. The highest BCUT2D eigenvalue weighted by molar-refractivity contribution is 9.09. The van der Waals surface area contributed by atoms with Crippen LogP contribution in [0.15, 0.2) is 12.1 Å². The van der Waals surface area contributed by atoms with Gasteiger partial charge in [-0.15, -0.1) is 0 Å². The molecule has 0 aromatic heterocycles. The number of aryl methyl sites for hydroxylation is 2. The molecular weight excluding hydrogens is 291 g/mol. The van der Waals surface area contributed by atoms with Gasteiger partial charge in [-0.1, -0.05) is 53.7 Å². The van der Waals surface area contributed by atoms with Crippen molar-refractivity contribution < 1.29 is 4.39 Å². The Kier molecular flexibility index (Phi) is 4.83. The molecule has 1 unspecified atom stereocenters. The van der Waals surface area contributed by atoms with Crippen LogP contribution in [0.2, 0.25) is 0 Å². The van der Waals surface area contributed by atoms with E-state index in [2.05, 4.69) is 15.9 Å². The Bertz CT molecular complexity index is 383. The largest absolute Gasteiger partial charge is 0.206 e. The molecule has 0 N–H and O–H groups in total. The molecule has 1 saturated carbocycles. The maximum atomic E-state index is 13.7. The highest BCUT2D eigenvalue weighted by atomic mass is 79.9. The molecule has 0 amide bonds. The van der Waals surface area contributed by atoms with Crippen LogP contribution in [0.5, 0.6) is 0 Å². The normalized spacial score (nSPS) is 19.6. The van der Waals surface area contributed by atoms with Gasteiger partial charge in [-0.3, -0.25) is 0 Å². The summed E-state index contributed by atoms with van der Waals surface area (Å²) in [6.45, 7) is 3.72. The van der Waals surface area contributed by atoms with Crippen LogP contribution in [-0.4, -0.2) is 0 Å². The molecule has 1 aromatic rings. The predicted octanol–water partition coefficient (Wildman–Crippen LogP) is 5.85. The van der Waals surface area contributed by atoms with Gasteiger partial charge < -0.3 is 0 Å². The molecule has 2 heteroatoms. The Morgan fingerprint density at radius 3 is 2.06 bits per heavy atom. The zero-order valence-electron chi connectivity index (χ0n) is 11.3. The topological polar surface area (TPSA) is 0 Å². The average Bonchev–Trinajstić information content (AvgIpc) is 2.63. The van der Waals surface area contributed by atoms with Gasteiger partial charge >= 0.3 is 0 Å². The van der Waals surface area contributed by atoms with E-state index in [4.69, 9.17) is 0 Å². The van der Waals surface area contributed by atoms with Crippen molar-refractivity contribution in [3.8, 4) is 0 Å². The number of hydrogen-bond acceptors (Lipinski definition) is 0. The zero-order chi connectivity index (χ0) is 13.1. The molecule has 1 atom stereocenters. The van der Waals surface area contributed by atoms with Crippen LogP contribution >= 0.6 is 15.9 Å². The second-order valence-corrected chi connectivity index (χ2v) is 6.61. The number of halogens is 2. The third-order valence-corrected chi connectivity index (χ3v) is 5.37. The molecule has 1 aliphatic carbocycles. The number of rotatable bonds is 2. The summed E-state index contributed by atoms with van der Waals surface area (Å²) in [6.07, 6.45) is 8.02. The van der Waals surface area contributed by atoms with Crippen molar-refractivity contribution in [1.29, 1.82) is 0 Å². The molecule has 0 heterocycles. The van der Waals surface area contributed by atoms with Gasteiger partial charge in [0, 0.05) is 4.83 Å². The fourth-order valence-corrected chi connectivity index (χ4v) is 3.81. The summed E-state index contributed by atoms with van der Waals surface area (Å²) in [5.74, 6) is 0.649. The van der Waals surface area contributed by atoms with Gasteiger partial charge in [0.1, 0.15) is 5.82 Å². The molecule has 1 aromatic carbocycles. The van der Waals surface area contributed by atoms with E-state index >= 15 is 0 Å². The maximum absolute atomic E-state index is 13.7. The van der Waals surface area contributed by atoms with E-state index in [1.807, 2.05) is 26.0 Å². The van der Waals surface area contributed by atoms with Crippen LogP contribution in [-0.2, 0) is 0 Å². The lowest BCUT2D eigenvalue weighted by Gasteiger charge is -2.22. The van der Waals surface area contributed by atoms with E-state index in [9.17, 15) is 4.39 Å². The lowest BCUT2D eigenvalue weighted by atomic mass is 9.91. The second-order valence-electron chi connectivity index (χ2n) is 5.62. The summed E-state index contributed by atoms with van der Waals surface area (Å²) >= 11 is 3.85. The first-order valence-corrected chi connectivity index (χ1v) is 7.92. The summed E-state index contributed by atoms with van der Waals surface area (Å²) in [5, 5.41) is 0. The van der Waals surface area contributed by atoms with Crippen LogP contribution < -0.4 is 0 Å². The van der Waals surface area contributed by atoms with Gasteiger partial charge in [0.2, 0.25) is 0 Å². The molecule has 0 radical (unpaired) electrons. The molecule has 0 saturated heterocycles. The van der Waals surface area contributed by atoms with Gasteiger partial charge in [0.25, 0.3) is 0 Å². The van der Waals surface area contributed by atoms with Crippen LogP contribution in [0.4, 0.5) is 4.39 Å². The first-order chi connectivity index (χ1) is 8.59. The minimum atomic E-state index is -0.0562. The van der Waals surface area contributed by atoms with Crippen molar-refractivity contribution in [1.82, 2.24) is 0 Å². The highest BCUT2D eigenvalue weighted by Crippen LogP contribution is 2.40. The van der Waals surface area contributed by atoms with Crippen molar-refractivity contribution in [3.63, 3.8) is 0 Å². The van der Waals surface area contributed by atoms with Gasteiger partial charge in [-0.05, 0) is 49.3 Å². The molecule has 2 rings (SSSR count).